The molecule has 0 aliphatic heterocycles. The summed E-state index contributed by atoms with van der Waals surface area (Å²) in [4.78, 5) is 9.57. The molecule has 0 aliphatic carbocycles. The Kier molecular flexibility index (Phi) is 5.05. The highest BCUT2D eigenvalue weighted by Gasteiger charge is 2.08. The molecular weight excluding hydrogens is 337 g/mol. The van der Waals surface area contributed by atoms with Crippen LogP contribution in [-0.2, 0) is 13.1 Å². The number of thiazole rings is 1. The van der Waals surface area contributed by atoms with Crippen LogP contribution in [0, 0.1) is 0 Å². The lowest BCUT2D eigenvalue weighted by molar-refractivity contribution is 0.688. The number of halogens is 2. The molecule has 1 aromatic carbocycles. The summed E-state index contributed by atoms with van der Waals surface area (Å²) in [7, 11) is 0. The molecule has 0 bridgehead atoms. The van der Waals surface area contributed by atoms with Crippen molar-refractivity contribution < 1.29 is 0 Å². The first kappa shape index (κ1) is 15.4. The maximum Gasteiger partial charge on any atom is 0.107 e. The van der Waals surface area contributed by atoms with Crippen molar-refractivity contribution >= 4 is 34.5 Å². The van der Waals surface area contributed by atoms with E-state index in [4.69, 9.17) is 23.2 Å². The van der Waals surface area contributed by atoms with Gasteiger partial charge >= 0.3 is 0 Å². The van der Waals surface area contributed by atoms with Crippen molar-refractivity contribution in [3.8, 4) is 10.4 Å². The van der Waals surface area contributed by atoms with Crippen LogP contribution >= 0.6 is 34.5 Å². The highest BCUT2D eigenvalue weighted by molar-refractivity contribution is 7.15. The molecule has 3 nitrogen and oxygen atoms in total. The molecule has 0 saturated carbocycles. The zero-order valence-electron chi connectivity index (χ0n) is 11.6. The zero-order valence-corrected chi connectivity index (χ0v) is 13.9. The van der Waals surface area contributed by atoms with Gasteiger partial charge in [0.15, 0.2) is 0 Å². The topological polar surface area (TPSA) is 37.8 Å². The molecule has 22 heavy (non-hydrogen) atoms. The molecule has 0 unspecified atom stereocenters. The lowest BCUT2D eigenvalue weighted by Crippen LogP contribution is -2.12. The van der Waals surface area contributed by atoms with Gasteiger partial charge in [-0.2, -0.15) is 0 Å². The van der Waals surface area contributed by atoms with Crippen LogP contribution in [0.15, 0.2) is 48.9 Å². The van der Waals surface area contributed by atoms with E-state index in [1.165, 1.54) is 0 Å². The molecule has 0 atom stereocenters. The van der Waals surface area contributed by atoms with Crippen LogP contribution in [-0.4, -0.2) is 9.97 Å². The third kappa shape index (κ3) is 3.84. The first-order valence-electron chi connectivity index (χ1n) is 6.72. The van der Waals surface area contributed by atoms with Crippen molar-refractivity contribution in [1.82, 2.24) is 15.3 Å². The average molecular weight is 350 g/mol. The molecule has 1 N–H and O–H groups in total. The van der Waals surface area contributed by atoms with E-state index in [-0.39, 0.29) is 0 Å². The summed E-state index contributed by atoms with van der Waals surface area (Å²) in [6.07, 6.45) is 5.47. The second kappa shape index (κ2) is 7.20. The van der Waals surface area contributed by atoms with E-state index in [0.29, 0.717) is 16.6 Å². The van der Waals surface area contributed by atoms with Gasteiger partial charge in [-0.05, 0) is 23.8 Å². The molecule has 0 amide bonds. The maximum absolute atomic E-state index is 6.23. The van der Waals surface area contributed by atoms with Gasteiger partial charge in [0.1, 0.15) is 5.01 Å². The Morgan fingerprint density at radius 1 is 1.09 bits per heavy atom. The minimum absolute atomic E-state index is 0.636. The molecule has 6 heteroatoms. The number of nitrogens with one attached hydrogen (secondary N) is 1. The van der Waals surface area contributed by atoms with Gasteiger partial charge in [-0.25, -0.2) is 4.98 Å². The number of hydrogen-bond acceptors (Lipinski definition) is 4. The molecule has 112 valence electrons. The van der Waals surface area contributed by atoms with Crippen LogP contribution in [0.4, 0.5) is 0 Å². The van der Waals surface area contributed by atoms with Crippen molar-refractivity contribution in [1.29, 1.82) is 0 Å². The first-order valence-corrected chi connectivity index (χ1v) is 8.29. The van der Waals surface area contributed by atoms with Crippen molar-refractivity contribution in [2.24, 2.45) is 0 Å². The molecular formula is C16H13Cl2N3S. The van der Waals surface area contributed by atoms with Gasteiger partial charge in [-0.3, -0.25) is 4.98 Å². The molecule has 0 saturated heterocycles. The summed E-state index contributed by atoms with van der Waals surface area (Å²) in [5, 5.41) is 5.66. The SMILES string of the molecule is Clc1ccc(-c2cnc(CNCc3cccnc3)s2)c(Cl)c1. The highest BCUT2D eigenvalue weighted by atomic mass is 35.5. The molecule has 0 fully saturated rings. The number of benzene rings is 1. The van der Waals surface area contributed by atoms with Crippen LogP contribution in [0.2, 0.25) is 10.0 Å². The minimum Gasteiger partial charge on any atom is -0.306 e. The van der Waals surface area contributed by atoms with Gasteiger partial charge in [0, 0.05) is 42.3 Å². The Hall–Kier alpha value is -1.46. The fourth-order valence-electron chi connectivity index (χ4n) is 2.02. The van der Waals surface area contributed by atoms with Crippen LogP contribution < -0.4 is 5.32 Å². The van der Waals surface area contributed by atoms with E-state index in [1.54, 1.807) is 23.6 Å². The number of nitrogens with zero attached hydrogens (tertiary/aromatic N) is 2. The lowest BCUT2D eigenvalue weighted by atomic mass is 10.2. The summed E-state index contributed by atoms with van der Waals surface area (Å²) >= 11 is 13.8. The van der Waals surface area contributed by atoms with Crippen molar-refractivity contribution in [2.75, 3.05) is 0 Å². The number of pyridine rings is 1. The van der Waals surface area contributed by atoms with Crippen molar-refractivity contribution in [3.05, 3.63) is 69.5 Å². The van der Waals surface area contributed by atoms with E-state index >= 15 is 0 Å². The smallest absolute Gasteiger partial charge is 0.107 e. The predicted molar refractivity (Wildman–Crippen MR) is 92.4 cm³/mol. The Morgan fingerprint density at radius 3 is 2.77 bits per heavy atom. The van der Waals surface area contributed by atoms with Gasteiger partial charge in [-0.1, -0.05) is 35.3 Å². The molecule has 0 spiro atoms. The van der Waals surface area contributed by atoms with Gasteiger partial charge in [0.05, 0.1) is 9.90 Å². The monoisotopic (exact) mass is 349 g/mol. The van der Waals surface area contributed by atoms with Gasteiger partial charge in [-0.15, -0.1) is 11.3 Å². The zero-order chi connectivity index (χ0) is 15.4. The van der Waals surface area contributed by atoms with Crippen LogP contribution in [0.3, 0.4) is 0 Å². The highest BCUT2D eigenvalue weighted by Crippen LogP contribution is 2.33. The summed E-state index contributed by atoms with van der Waals surface area (Å²) in [6, 6.07) is 9.48. The average Bonchev–Trinajstić information content (AvgIpc) is 2.97. The third-order valence-electron chi connectivity index (χ3n) is 3.08. The summed E-state index contributed by atoms with van der Waals surface area (Å²) in [5.74, 6) is 0. The van der Waals surface area contributed by atoms with E-state index < -0.39 is 0 Å². The maximum atomic E-state index is 6.23. The Labute approximate surface area is 143 Å². The van der Waals surface area contributed by atoms with E-state index in [2.05, 4.69) is 15.3 Å². The fourth-order valence-corrected chi connectivity index (χ4v) is 3.52. The number of aromatic nitrogens is 2. The largest absolute Gasteiger partial charge is 0.306 e. The summed E-state index contributed by atoms with van der Waals surface area (Å²) in [5.41, 5.74) is 2.11. The predicted octanol–water partition coefficient (Wildman–Crippen LogP) is 4.80. The van der Waals surface area contributed by atoms with E-state index in [9.17, 15) is 0 Å². The Balaban J connectivity index is 1.64. The van der Waals surface area contributed by atoms with Crippen LogP contribution in [0.25, 0.3) is 10.4 Å². The van der Waals surface area contributed by atoms with Crippen LogP contribution in [0.1, 0.15) is 10.6 Å². The Morgan fingerprint density at radius 2 is 2.00 bits per heavy atom. The molecule has 0 aliphatic rings. The van der Waals surface area contributed by atoms with E-state index in [0.717, 1.165) is 27.6 Å². The summed E-state index contributed by atoms with van der Waals surface area (Å²) in [6.45, 7) is 1.48. The third-order valence-corrected chi connectivity index (χ3v) is 4.66. The standard InChI is InChI=1S/C16H13Cl2N3S/c17-12-3-4-13(14(18)6-12)15-9-21-16(22-15)10-20-8-11-2-1-5-19-7-11/h1-7,9,20H,8,10H2. The minimum atomic E-state index is 0.636. The van der Waals surface area contributed by atoms with Crippen molar-refractivity contribution in [2.45, 2.75) is 13.1 Å². The first-order chi connectivity index (χ1) is 10.7. The van der Waals surface area contributed by atoms with Gasteiger partial charge in [0.2, 0.25) is 0 Å². The molecule has 3 aromatic rings. The van der Waals surface area contributed by atoms with Gasteiger partial charge in [0.25, 0.3) is 0 Å². The summed E-state index contributed by atoms with van der Waals surface area (Å²) < 4.78 is 0. The molecule has 2 heterocycles. The molecule has 2 aromatic heterocycles. The normalized spacial score (nSPS) is 10.8. The Bertz CT molecular complexity index is 759. The second-order valence-electron chi connectivity index (χ2n) is 4.71. The molecule has 3 rings (SSSR count). The fraction of sp³-hybridized carbons (Fsp3) is 0.125. The van der Waals surface area contributed by atoms with Crippen LogP contribution in [0.5, 0.6) is 0 Å². The quantitative estimate of drug-likeness (QED) is 0.718. The lowest BCUT2D eigenvalue weighted by Gasteiger charge is -2.02. The number of rotatable bonds is 5. The molecule has 0 radical (unpaired) electrons. The van der Waals surface area contributed by atoms with Crippen molar-refractivity contribution in [3.63, 3.8) is 0 Å². The van der Waals surface area contributed by atoms with Gasteiger partial charge < -0.3 is 5.32 Å². The second-order valence-corrected chi connectivity index (χ2v) is 6.67. The van der Waals surface area contributed by atoms with E-state index in [1.807, 2.05) is 36.7 Å². The number of hydrogen-bond donors (Lipinski definition) is 1.